The van der Waals surface area contributed by atoms with Gasteiger partial charge >= 0.3 is 0 Å². The van der Waals surface area contributed by atoms with Crippen molar-refractivity contribution in [3.8, 4) is 0 Å². The Kier molecular flexibility index (Phi) is 3.79. The van der Waals surface area contributed by atoms with E-state index in [9.17, 15) is 4.39 Å². The number of hydrogen-bond acceptors (Lipinski definition) is 2. The van der Waals surface area contributed by atoms with Gasteiger partial charge in [-0.05, 0) is 51.1 Å². The second-order valence-electron chi connectivity index (χ2n) is 3.31. The SMILES string of the molecule is NC(c1cc(F)cc(Br)c1)c1sccc1Br. The lowest BCUT2D eigenvalue weighted by molar-refractivity contribution is 0.623. The van der Waals surface area contributed by atoms with Crippen LogP contribution in [0.2, 0.25) is 0 Å². The molecule has 84 valence electrons. The van der Waals surface area contributed by atoms with Crippen LogP contribution in [0.25, 0.3) is 0 Å². The second-order valence-corrected chi connectivity index (χ2v) is 6.03. The highest BCUT2D eigenvalue weighted by Gasteiger charge is 2.14. The van der Waals surface area contributed by atoms with Gasteiger partial charge in [-0.3, -0.25) is 0 Å². The van der Waals surface area contributed by atoms with Crippen LogP contribution in [0.5, 0.6) is 0 Å². The summed E-state index contributed by atoms with van der Waals surface area (Å²) in [5, 5.41) is 1.95. The van der Waals surface area contributed by atoms with E-state index in [1.807, 2.05) is 17.5 Å². The number of hydrogen-bond donors (Lipinski definition) is 1. The average Bonchev–Trinajstić information content (AvgIpc) is 2.62. The molecule has 5 heteroatoms. The van der Waals surface area contributed by atoms with Gasteiger partial charge in [-0.2, -0.15) is 0 Å². The Balaban J connectivity index is 2.41. The summed E-state index contributed by atoms with van der Waals surface area (Å²) in [5.41, 5.74) is 6.85. The van der Waals surface area contributed by atoms with Crippen LogP contribution in [0, 0.1) is 5.82 Å². The van der Waals surface area contributed by atoms with Gasteiger partial charge in [0.25, 0.3) is 0 Å². The molecular formula is C11H8Br2FNS. The highest BCUT2D eigenvalue weighted by atomic mass is 79.9. The monoisotopic (exact) mass is 363 g/mol. The first-order valence-electron chi connectivity index (χ1n) is 4.52. The molecule has 1 atom stereocenters. The van der Waals surface area contributed by atoms with E-state index in [1.165, 1.54) is 12.1 Å². The smallest absolute Gasteiger partial charge is 0.124 e. The second kappa shape index (κ2) is 4.96. The molecule has 2 N–H and O–H groups in total. The molecule has 0 bridgehead atoms. The summed E-state index contributed by atoms with van der Waals surface area (Å²) in [6, 6.07) is 6.34. The minimum atomic E-state index is -0.304. The van der Waals surface area contributed by atoms with E-state index < -0.39 is 0 Å². The lowest BCUT2D eigenvalue weighted by atomic mass is 10.1. The topological polar surface area (TPSA) is 26.0 Å². The van der Waals surface area contributed by atoms with E-state index >= 15 is 0 Å². The third-order valence-electron chi connectivity index (χ3n) is 2.17. The first kappa shape index (κ1) is 12.2. The lowest BCUT2D eigenvalue weighted by Gasteiger charge is -2.11. The van der Waals surface area contributed by atoms with Crippen LogP contribution in [-0.4, -0.2) is 0 Å². The Bertz CT molecular complexity index is 492. The van der Waals surface area contributed by atoms with Crippen molar-refractivity contribution < 1.29 is 4.39 Å². The molecule has 1 unspecified atom stereocenters. The first-order valence-corrected chi connectivity index (χ1v) is 6.99. The predicted octanol–water partition coefficient (Wildman–Crippen LogP) is 4.46. The Morgan fingerprint density at radius 3 is 2.56 bits per heavy atom. The van der Waals surface area contributed by atoms with Crippen LogP contribution >= 0.6 is 43.2 Å². The van der Waals surface area contributed by atoms with Crippen LogP contribution in [-0.2, 0) is 0 Å². The van der Waals surface area contributed by atoms with Crippen molar-refractivity contribution in [1.82, 2.24) is 0 Å². The molecule has 0 aliphatic rings. The molecule has 2 aromatic rings. The molecule has 0 radical (unpaired) electrons. The summed E-state index contributed by atoms with van der Waals surface area (Å²) >= 11 is 8.24. The van der Waals surface area contributed by atoms with E-state index in [0.29, 0.717) is 4.47 Å². The standard InChI is InChI=1S/C11H8Br2FNS/c12-7-3-6(4-8(14)5-7)10(15)11-9(13)1-2-16-11/h1-5,10H,15H2. The molecule has 2 rings (SSSR count). The number of benzene rings is 1. The molecule has 0 fully saturated rings. The van der Waals surface area contributed by atoms with Crippen LogP contribution in [0.15, 0.2) is 38.6 Å². The number of rotatable bonds is 2. The largest absolute Gasteiger partial charge is 0.320 e. The fourth-order valence-electron chi connectivity index (χ4n) is 1.43. The summed E-state index contributed by atoms with van der Waals surface area (Å²) in [7, 11) is 0. The molecule has 0 aliphatic carbocycles. The van der Waals surface area contributed by atoms with E-state index in [1.54, 1.807) is 11.3 Å². The zero-order valence-electron chi connectivity index (χ0n) is 8.08. The number of thiophene rings is 1. The van der Waals surface area contributed by atoms with Gasteiger partial charge in [0.15, 0.2) is 0 Å². The highest BCUT2D eigenvalue weighted by molar-refractivity contribution is 9.10. The van der Waals surface area contributed by atoms with Gasteiger partial charge in [0.05, 0.1) is 6.04 Å². The maximum atomic E-state index is 13.2. The molecule has 1 aromatic carbocycles. The lowest BCUT2D eigenvalue weighted by Crippen LogP contribution is -2.11. The van der Waals surface area contributed by atoms with Gasteiger partial charge < -0.3 is 5.73 Å². The minimum Gasteiger partial charge on any atom is -0.320 e. The Morgan fingerprint density at radius 2 is 2.00 bits per heavy atom. The van der Waals surface area contributed by atoms with E-state index in [4.69, 9.17) is 5.73 Å². The average molecular weight is 365 g/mol. The molecule has 0 saturated heterocycles. The summed E-state index contributed by atoms with van der Waals surface area (Å²) in [6.07, 6.45) is 0. The van der Waals surface area contributed by atoms with Crippen LogP contribution in [0.4, 0.5) is 4.39 Å². The summed E-state index contributed by atoms with van der Waals surface area (Å²) in [5.74, 6) is -0.285. The molecular weight excluding hydrogens is 357 g/mol. The van der Waals surface area contributed by atoms with Crippen molar-refractivity contribution >= 4 is 43.2 Å². The third kappa shape index (κ3) is 2.53. The van der Waals surface area contributed by atoms with E-state index in [-0.39, 0.29) is 11.9 Å². The van der Waals surface area contributed by atoms with Crippen LogP contribution in [0.1, 0.15) is 16.5 Å². The zero-order chi connectivity index (χ0) is 11.7. The molecule has 1 heterocycles. The van der Waals surface area contributed by atoms with E-state index in [2.05, 4.69) is 31.9 Å². The van der Waals surface area contributed by atoms with Crippen LogP contribution in [0.3, 0.4) is 0 Å². The molecule has 0 spiro atoms. The molecule has 0 aliphatic heterocycles. The minimum absolute atomic E-state index is 0.285. The number of halogens is 3. The van der Waals surface area contributed by atoms with Crippen molar-refractivity contribution in [3.63, 3.8) is 0 Å². The van der Waals surface area contributed by atoms with Crippen molar-refractivity contribution in [1.29, 1.82) is 0 Å². The summed E-state index contributed by atoms with van der Waals surface area (Å²) in [4.78, 5) is 0.998. The predicted molar refractivity (Wildman–Crippen MR) is 72.1 cm³/mol. The Hall–Kier alpha value is -0.230. The third-order valence-corrected chi connectivity index (χ3v) is 4.58. The van der Waals surface area contributed by atoms with Gasteiger partial charge in [-0.1, -0.05) is 15.9 Å². The van der Waals surface area contributed by atoms with Crippen molar-refractivity contribution in [2.24, 2.45) is 5.73 Å². The fraction of sp³-hybridized carbons (Fsp3) is 0.0909. The van der Waals surface area contributed by atoms with Gasteiger partial charge in [0.1, 0.15) is 5.82 Å². The Labute approximate surface area is 114 Å². The van der Waals surface area contributed by atoms with Gasteiger partial charge in [0, 0.05) is 13.8 Å². The van der Waals surface area contributed by atoms with E-state index in [0.717, 1.165) is 14.9 Å². The molecule has 0 saturated carbocycles. The molecule has 16 heavy (non-hydrogen) atoms. The first-order chi connectivity index (χ1) is 7.58. The quantitative estimate of drug-likeness (QED) is 0.836. The molecule has 0 amide bonds. The maximum Gasteiger partial charge on any atom is 0.124 e. The zero-order valence-corrected chi connectivity index (χ0v) is 12.1. The van der Waals surface area contributed by atoms with Gasteiger partial charge in [-0.25, -0.2) is 4.39 Å². The van der Waals surface area contributed by atoms with Crippen molar-refractivity contribution in [3.05, 3.63) is 54.8 Å². The fourth-order valence-corrected chi connectivity index (χ4v) is 3.56. The highest BCUT2D eigenvalue weighted by Crippen LogP contribution is 2.32. The Morgan fingerprint density at radius 1 is 1.25 bits per heavy atom. The van der Waals surface area contributed by atoms with Crippen LogP contribution < -0.4 is 5.73 Å². The summed E-state index contributed by atoms with van der Waals surface area (Å²) in [6.45, 7) is 0. The van der Waals surface area contributed by atoms with Gasteiger partial charge in [0.2, 0.25) is 0 Å². The summed E-state index contributed by atoms with van der Waals surface area (Å²) < 4.78 is 14.9. The van der Waals surface area contributed by atoms with Crippen molar-refractivity contribution in [2.45, 2.75) is 6.04 Å². The van der Waals surface area contributed by atoms with Gasteiger partial charge in [-0.15, -0.1) is 11.3 Å². The molecule has 1 nitrogen and oxygen atoms in total. The van der Waals surface area contributed by atoms with Crippen molar-refractivity contribution in [2.75, 3.05) is 0 Å². The normalized spacial score (nSPS) is 12.8. The number of nitrogens with two attached hydrogens (primary N) is 1. The maximum absolute atomic E-state index is 13.2. The molecule has 1 aromatic heterocycles.